The van der Waals surface area contributed by atoms with Crippen LogP contribution in [0.25, 0.3) is 20.8 Å². The van der Waals surface area contributed by atoms with E-state index in [2.05, 4.69) is 31.5 Å². The van der Waals surface area contributed by atoms with E-state index in [1.54, 1.807) is 11.3 Å². The van der Waals surface area contributed by atoms with E-state index in [1.807, 2.05) is 42.5 Å². The number of thiazole rings is 1. The first-order valence-electron chi connectivity index (χ1n) is 7.52. The second-order valence-electron chi connectivity index (χ2n) is 5.18. The van der Waals surface area contributed by atoms with Gasteiger partial charge in [-0.2, -0.15) is 10.1 Å². The zero-order valence-corrected chi connectivity index (χ0v) is 13.8. The van der Waals surface area contributed by atoms with E-state index >= 15 is 0 Å². The number of aromatic nitrogens is 4. The monoisotopic (exact) mass is 351 g/mol. The van der Waals surface area contributed by atoms with Crippen molar-refractivity contribution >= 4 is 33.4 Å². The summed E-state index contributed by atoms with van der Waals surface area (Å²) in [6.45, 7) is -0.110. The number of anilines is 1. The molecule has 0 aliphatic rings. The van der Waals surface area contributed by atoms with Gasteiger partial charge in [0.25, 0.3) is 5.91 Å². The number of rotatable bonds is 5. The summed E-state index contributed by atoms with van der Waals surface area (Å²) in [5.41, 5.74) is 2.01. The van der Waals surface area contributed by atoms with E-state index in [0.717, 1.165) is 20.8 Å². The number of ether oxygens (including phenoxy) is 1. The van der Waals surface area contributed by atoms with Gasteiger partial charge in [-0.15, -0.1) is 11.3 Å². The van der Waals surface area contributed by atoms with Crippen LogP contribution in [0.5, 0.6) is 5.75 Å². The first kappa shape index (κ1) is 15.3. The van der Waals surface area contributed by atoms with Crippen LogP contribution in [-0.2, 0) is 4.79 Å². The third kappa shape index (κ3) is 3.48. The number of aromatic amines is 1. The van der Waals surface area contributed by atoms with Crippen molar-refractivity contribution in [3.8, 4) is 16.3 Å². The standard InChI is InChI=1S/C17H13N5O2S/c23-15(21-17-18-10-19-22-17)9-24-12-7-5-11(6-8-12)16-20-13-3-1-2-4-14(13)25-16/h1-8,10H,9H2,(H2,18,19,21,22,23). The lowest BCUT2D eigenvalue weighted by molar-refractivity contribution is -0.118. The maximum atomic E-state index is 11.7. The van der Waals surface area contributed by atoms with Crippen LogP contribution in [0.2, 0.25) is 0 Å². The second-order valence-corrected chi connectivity index (χ2v) is 6.21. The molecular formula is C17H13N5O2S. The van der Waals surface area contributed by atoms with Crippen LogP contribution in [0.4, 0.5) is 5.95 Å². The van der Waals surface area contributed by atoms with E-state index in [9.17, 15) is 4.79 Å². The fourth-order valence-corrected chi connectivity index (χ4v) is 3.24. The number of H-pyrrole nitrogens is 1. The van der Waals surface area contributed by atoms with Crippen molar-refractivity contribution in [3.63, 3.8) is 0 Å². The molecule has 0 radical (unpaired) electrons. The number of carbonyl (C=O) groups excluding carboxylic acids is 1. The van der Waals surface area contributed by atoms with Crippen LogP contribution < -0.4 is 10.1 Å². The van der Waals surface area contributed by atoms with Crippen molar-refractivity contribution in [1.82, 2.24) is 20.2 Å². The summed E-state index contributed by atoms with van der Waals surface area (Å²) in [4.78, 5) is 20.2. The van der Waals surface area contributed by atoms with Crippen molar-refractivity contribution in [3.05, 3.63) is 54.9 Å². The Bertz CT molecular complexity index is 963. The quantitative estimate of drug-likeness (QED) is 0.576. The van der Waals surface area contributed by atoms with Gasteiger partial charge in [-0.25, -0.2) is 10.1 Å². The van der Waals surface area contributed by atoms with Gasteiger partial charge in [-0.3, -0.25) is 10.1 Å². The van der Waals surface area contributed by atoms with Crippen LogP contribution in [-0.4, -0.2) is 32.7 Å². The van der Waals surface area contributed by atoms with Crippen LogP contribution in [0.1, 0.15) is 0 Å². The Morgan fingerprint density at radius 2 is 2.00 bits per heavy atom. The van der Waals surface area contributed by atoms with Gasteiger partial charge in [0.1, 0.15) is 17.1 Å². The molecule has 2 aromatic heterocycles. The van der Waals surface area contributed by atoms with Gasteiger partial charge in [0, 0.05) is 5.56 Å². The number of amides is 1. The maximum absolute atomic E-state index is 11.7. The van der Waals surface area contributed by atoms with Crippen LogP contribution in [0.3, 0.4) is 0 Å². The fraction of sp³-hybridized carbons (Fsp3) is 0.0588. The number of benzene rings is 2. The minimum atomic E-state index is -0.313. The summed E-state index contributed by atoms with van der Waals surface area (Å²) in [5.74, 6) is 0.587. The van der Waals surface area contributed by atoms with Gasteiger partial charge in [-0.05, 0) is 36.4 Å². The highest BCUT2D eigenvalue weighted by Crippen LogP contribution is 2.30. The zero-order valence-electron chi connectivity index (χ0n) is 13.0. The first-order chi connectivity index (χ1) is 12.3. The number of nitrogens with zero attached hydrogens (tertiary/aromatic N) is 3. The number of nitrogens with one attached hydrogen (secondary N) is 2. The molecule has 0 saturated carbocycles. The average molecular weight is 351 g/mol. The molecule has 2 aromatic carbocycles. The Balaban J connectivity index is 1.40. The SMILES string of the molecule is O=C(COc1ccc(-c2nc3ccccc3s2)cc1)Nc1ncn[nH]1. The van der Waals surface area contributed by atoms with E-state index in [1.165, 1.54) is 6.33 Å². The molecule has 0 unspecified atom stereocenters. The number of para-hydroxylation sites is 1. The van der Waals surface area contributed by atoms with Gasteiger partial charge in [0.05, 0.1) is 10.2 Å². The fourth-order valence-electron chi connectivity index (χ4n) is 2.27. The molecule has 0 fully saturated rings. The molecule has 2 N–H and O–H groups in total. The van der Waals surface area contributed by atoms with E-state index in [0.29, 0.717) is 11.7 Å². The lowest BCUT2D eigenvalue weighted by Crippen LogP contribution is -2.20. The molecule has 0 spiro atoms. The molecule has 8 heteroatoms. The average Bonchev–Trinajstić information content (AvgIpc) is 3.29. The topological polar surface area (TPSA) is 92.8 Å². The second kappa shape index (κ2) is 6.70. The molecule has 0 aliphatic carbocycles. The van der Waals surface area contributed by atoms with Crippen molar-refractivity contribution < 1.29 is 9.53 Å². The highest BCUT2D eigenvalue weighted by atomic mass is 32.1. The summed E-state index contributed by atoms with van der Waals surface area (Å²) >= 11 is 1.64. The zero-order chi connectivity index (χ0) is 17.1. The third-order valence-corrected chi connectivity index (χ3v) is 4.52. The molecule has 25 heavy (non-hydrogen) atoms. The molecule has 2 heterocycles. The molecule has 7 nitrogen and oxygen atoms in total. The lowest BCUT2D eigenvalue weighted by atomic mass is 10.2. The lowest BCUT2D eigenvalue weighted by Gasteiger charge is -2.06. The van der Waals surface area contributed by atoms with Crippen molar-refractivity contribution in [1.29, 1.82) is 0 Å². The predicted molar refractivity (Wildman–Crippen MR) is 95.6 cm³/mol. The molecule has 1 amide bonds. The van der Waals surface area contributed by atoms with Crippen LogP contribution >= 0.6 is 11.3 Å². The van der Waals surface area contributed by atoms with Crippen molar-refractivity contribution in [2.45, 2.75) is 0 Å². The number of hydrogen-bond acceptors (Lipinski definition) is 6. The predicted octanol–water partition coefficient (Wildman–Crippen LogP) is 3.10. The van der Waals surface area contributed by atoms with Gasteiger partial charge in [-0.1, -0.05) is 12.1 Å². The smallest absolute Gasteiger partial charge is 0.264 e. The van der Waals surface area contributed by atoms with Gasteiger partial charge >= 0.3 is 0 Å². The van der Waals surface area contributed by atoms with E-state index < -0.39 is 0 Å². The summed E-state index contributed by atoms with van der Waals surface area (Å²) in [6, 6.07) is 15.5. The Labute approximate surface area is 146 Å². The molecule has 124 valence electrons. The molecule has 4 rings (SSSR count). The van der Waals surface area contributed by atoms with Crippen LogP contribution in [0.15, 0.2) is 54.9 Å². The Morgan fingerprint density at radius 3 is 2.76 bits per heavy atom. The number of fused-ring (bicyclic) bond motifs is 1. The number of carbonyl (C=O) groups is 1. The summed E-state index contributed by atoms with van der Waals surface area (Å²) in [7, 11) is 0. The first-order valence-corrected chi connectivity index (χ1v) is 8.33. The summed E-state index contributed by atoms with van der Waals surface area (Å²) in [6.07, 6.45) is 1.32. The van der Waals surface area contributed by atoms with Gasteiger partial charge in [0.15, 0.2) is 6.61 Å². The van der Waals surface area contributed by atoms with Crippen LogP contribution in [0, 0.1) is 0 Å². The third-order valence-electron chi connectivity index (χ3n) is 3.44. The largest absolute Gasteiger partial charge is 0.484 e. The molecule has 0 bridgehead atoms. The van der Waals surface area contributed by atoms with Gasteiger partial charge < -0.3 is 4.74 Å². The summed E-state index contributed by atoms with van der Waals surface area (Å²) < 4.78 is 6.63. The Morgan fingerprint density at radius 1 is 1.16 bits per heavy atom. The highest BCUT2D eigenvalue weighted by molar-refractivity contribution is 7.21. The van der Waals surface area contributed by atoms with E-state index in [4.69, 9.17) is 4.74 Å². The minimum absolute atomic E-state index is 0.110. The Hall–Kier alpha value is -3.26. The molecule has 4 aromatic rings. The summed E-state index contributed by atoms with van der Waals surface area (Å²) in [5, 5.41) is 9.70. The molecule has 0 atom stereocenters. The Kier molecular flexibility index (Phi) is 4.09. The molecule has 0 saturated heterocycles. The molecule has 0 aliphatic heterocycles. The molecular weight excluding hydrogens is 338 g/mol. The van der Waals surface area contributed by atoms with Gasteiger partial charge in [0.2, 0.25) is 5.95 Å². The highest BCUT2D eigenvalue weighted by Gasteiger charge is 2.08. The number of hydrogen-bond donors (Lipinski definition) is 2. The maximum Gasteiger partial charge on any atom is 0.264 e. The normalized spacial score (nSPS) is 10.7. The van der Waals surface area contributed by atoms with Crippen molar-refractivity contribution in [2.24, 2.45) is 0 Å². The van der Waals surface area contributed by atoms with Crippen molar-refractivity contribution in [2.75, 3.05) is 11.9 Å². The minimum Gasteiger partial charge on any atom is -0.484 e. The van der Waals surface area contributed by atoms with E-state index in [-0.39, 0.29) is 12.5 Å².